The van der Waals surface area contributed by atoms with Gasteiger partial charge in [-0.2, -0.15) is 30.2 Å². The average molecular weight is 482 g/mol. The molecule has 182 valence electrons. The SMILES string of the molecule is COc1cccc(CN2CCCC3(CCN(S(=O)(=O)N(C)C)C3)C2)c1.O=C(O)C(F)(F)F. The van der Waals surface area contributed by atoms with Gasteiger partial charge in [0, 0.05) is 40.3 Å². The summed E-state index contributed by atoms with van der Waals surface area (Å²) >= 11 is 0. The Morgan fingerprint density at radius 3 is 2.44 bits per heavy atom. The molecule has 1 unspecified atom stereocenters. The Hall–Kier alpha value is -1.89. The summed E-state index contributed by atoms with van der Waals surface area (Å²) in [4.78, 5) is 11.4. The predicted octanol–water partition coefficient (Wildman–Crippen LogP) is 2.42. The molecule has 1 aromatic rings. The van der Waals surface area contributed by atoms with Gasteiger partial charge in [0.05, 0.1) is 7.11 Å². The number of carboxylic acids is 1. The fraction of sp³-hybridized carbons (Fsp3) is 0.650. The highest BCUT2D eigenvalue weighted by molar-refractivity contribution is 7.86. The van der Waals surface area contributed by atoms with Crippen LogP contribution in [0.4, 0.5) is 13.2 Å². The first kappa shape index (κ1) is 26.4. The minimum Gasteiger partial charge on any atom is -0.497 e. The van der Waals surface area contributed by atoms with Crippen LogP contribution in [0.15, 0.2) is 24.3 Å². The standard InChI is InChI=1S/C18H29N3O3S.C2HF3O2/c1-19(2)25(22,23)21-11-9-18(15-21)8-5-10-20(14-18)13-16-6-4-7-17(12-16)24-3;3-2(4,5)1(6)7/h4,6-7,12H,5,8-11,13-15H2,1-3H3;(H,6,7). The minimum absolute atomic E-state index is 0.0974. The van der Waals surface area contributed by atoms with E-state index in [9.17, 15) is 21.6 Å². The summed E-state index contributed by atoms with van der Waals surface area (Å²) in [5.41, 5.74) is 1.34. The molecule has 2 aliphatic heterocycles. The highest BCUT2D eigenvalue weighted by atomic mass is 32.2. The fourth-order valence-corrected chi connectivity index (χ4v) is 5.35. The van der Waals surface area contributed by atoms with E-state index in [-0.39, 0.29) is 5.41 Å². The van der Waals surface area contributed by atoms with Gasteiger partial charge in [0.15, 0.2) is 0 Å². The van der Waals surface area contributed by atoms with Crippen molar-refractivity contribution in [3.63, 3.8) is 0 Å². The first-order valence-corrected chi connectivity index (χ1v) is 11.5. The number of aliphatic carboxylic acids is 1. The normalized spacial score (nSPS) is 22.6. The van der Waals surface area contributed by atoms with Crippen molar-refractivity contribution >= 4 is 16.2 Å². The zero-order valence-electron chi connectivity index (χ0n) is 18.4. The maximum atomic E-state index is 12.4. The molecule has 0 radical (unpaired) electrons. The molecule has 0 bridgehead atoms. The van der Waals surface area contributed by atoms with E-state index in [2.05, 4.69) is 17.0 Å². The number of hydrogen-bond acceptors (Lipinski definition) is 5. The molecule has 1 N–H and O–H groups in total. The molecule has 32 heavy (non-hydrogen) atoms. The van der Waals surface area contributed by atoms with E-state index in [1.165, 1.54) is 9.87 Å². The van der Waals surface area contributed by atoms with Gasteiger partial charge in [-0.1, -0.05) is 12.1 Å². The first-order valence-electron chi connectivity index (χ1n) is 10.1. The van der Waals surface area contributed by atoms with Crippen LogP contribution >= 0.6 is 0 Å². The van der Waals surface area contributed by atoms with Crippen molar-refractivity contribution in [1.29, 1.82) is 0 Å². The third-order valence-electron chi connectivity index (χ3n) is 5.71. The van der Waals surface area contributed by atoms with Gasteiger partial charge in [-0.25, -0.2) is 4.79 Å². The quantitative estimate of drug-likeness (QED) is 0.695. The lowest BCUT2D eigenvalue weighted by molar-refractivity contribution is -0.192. The van der Waals surface area contributed by atoms with Gasteiger partial charge in [0.25, 0.3) is 10.2 Å². The number of hydrogen-bond donors (Lipinski definition) is 1. The molecule has 8 nitrogen and oxygen atoms in total. The largest absolute Gasteiger partial charge is 0.497 e. The van der Waals surface area contributed by atoms with Gasteiger partial charge < -0.3 is 9.84 Å². The number of methoxy groups -OCH3 is 1. The van der Waals surface area contributed by atoms with Crippen LogP contribution in [-0.4, -0.2) is 86.6 Å². The Balaban J connectivity index is 0.000000451. The van der Waals surface area contributed by atoms with Crippen molar-refractivity contribution < 1.29 is 36.2 Å². The van der Waals surface area contributed by atoms with Crippen molar-refractivity contribution in [2.75, 3.05) is 47.4 Å². The van der Waals surface area contributed by atoms with Crippen LogP contribution in [0.3, 0.4) is 0 Å². The second kappa shape index (κ2) is 10.4. The van der Waals surface area contributed by atoms with Gasteiger partial charge >= 0.3 is 12.1 Å². The van der Waals surface area contributed by atoms with Gasteiger partial charge in [-0.05, 0) is 48.9 Å². The second-order valence-electron chi connectivity index (χ2n) is 8.34. The lowest BCUT2D eigenvalue weighted by Crippen LogP contribution is -2.46. The van der Waals surface area contributed by atoms with Crippen molar-refractivity contribution in [3.8, 4) is 5.75 Å². The van der Waals surface area contributed by atoms with Crippen LogP contribution in [-0.2, 0) is 21.5 Å². The minimum atomic E-state index is -5.08. The lowest BCUT2D eigenvalue weighted by Gasteiger charge is -2.40. The molecule has 1 aromatic carbocycles. The summed E-state index contributed by atoms with van der Waals surface area (Å²) in [5.74, 6) is -1.87. The van der Waals surface area contributed by atoms with E-state index in [4.69, 9.17) is 14.6 Å². The average Bonchev–Trinajstić information content (AvgIpc) is 3.11. The summed E-state index contributed by atoms with van der Waals surface area (Å²) < 4.78 is 64.9. The molecule has 0 amide bonds. The van der Waals surface area contributed by atoms with Crippen LogP contribution in [0, 0.1) is 5.41 Å². The lowest BCUT2D eigenvalue weighted by atomic mass is 9.79. The molecule has 0 saturated carbocycles. The maximum absolute atomic E-state index is 12.4. The fourth-order valence-electron chi connectivity index (χ4n) is 4.13. The summed E-state index contributed by atoms with van der Waals surface area (Å²) in [6, 6.07) is 8.19. The Kier molecular flexibility index (Phi) is 8.54. The molecular weight excluding hydrogens is 451 g/mol. The monoisotopic (exact) mass is 481 g/mol. The second-order valence-corrected chi connectivity index (χ2v) is 10.5. The number of benzene rings is 1. The van der Waals surface area contributed by atoms with Crippen LogP contribution in [0.2, 0.25) is 0 Å². The molecule has 12 heteroatoms. The van der Waals surface area contributed by atoms with E-state index >= 15 is 0 Å². The topological polar surface area (TPSA) is 90.4 Å². The number of carbonyl (C=O) groups is 1. The predicted molar refractivity (Wildman–Crippen MR) is 112 cm³/mol. The number of piperidine rings is 1. The van der Waals surface area contributed by atoms with Gasteiger partial charge in [0.1, 0.15) is 5.75 Å². The van der Waals surface area contributed by atoms with E-state index in [1.54, 1.807) is 25.5 Å². The highest BCUT2D eigenvalue weighted by Gasteiger charge is 2.45. The molecular formula is C20H30F3N3O5S. The zero-order valence-corrected chi connectivity index (χ0v) is 19.2. The molecule has 2 heterocycles. The van der Waals surface area contributed by atoms with E-state index in [1.807, 2.05) is 12.1 Å². The molecule has 2 fully saturated rings. The number of likely N-dealkylation sites (tertiary alicyclic amines) is 1. The maximum Gasteiger partial charge on any atom is 0.490 e. The van der Waals surface area contributed by atoms with Crippen LogP contribution in [0.1, 0.15) is 24.8 Å². The summed E-state index contributed by atoms with van der Waals surface area (Å²) in [5, 5.41) is 7.12. The summed E-state index contributed by atoms with van der Waals surface area (Å²) in [6.07, 6.45) is -1.89. The van der Waals surface area contributed by atoms with E-state index in [0.717, 1.165) is 44.6 Å². The van der Waals surface area contributed by atoms with Gasteiger partial charge in [-0.15, -0.1) is 0 Å². The number of rotatable bonds is 5. The van der Waals surface area contributed by atoms with E-state index in [0.29, 0.717) is 13.1 Å². The number of alkyl halides is 3. The van der Waals surface area contributed by atoms with Crippen molar-refractivity contribution in [1.82, 2.24) is 13.5 Å². The number of nitrogens with zero attached hydrogens (tertiary/aromatic N) is 3. The summed E-state index contributed by atoms with van der Waals surface area (Å²) in [7, 11) is 1.60. The molecule has 2 saturated heterocycles. The molecule has 0 aliphatic carbocycles. The van der Waals surface area contributed by atoms with Crippen LogP contribution < -0.4 is 4.74 Å². The van der Waals surface area contributed by atoms with Crippen LogP contribution in [0.25, 0.3) is 0 Å². The first-order chi connectivity index (χ1) is 14.8. The zero-order chi connectivity index (χ0) is 24.2. The molecule has 2 aliphatic rings. The Labute approximate surface area is 186 Å². The molecule has 3 rings (SSSR count). The van der Waals surface area contributed by atoms with Crippen molar-refractivity contribution in [2.45, 2.75) is 32.0 Å². The molecule has 1 atom stereocenters. The van der Waals surface area contributed by atoms with Gasteiger partial charge in [-0.3, -0.25) is 4.90 Å². The van der Waals surface area contributed by atoms with Crippen molar-refractivity contribution in [2.24, 2.45) is 5.41 Å². The van der Waals surface area contributed by atoms with Crippen LogP contribution in [0.5, 0.6) is 5.75 Å². The Bertz CT molecular complexity index is 895. The Morgan fingerprint density at radius 2 is 1.88 bits per heavy atom. The smallest absolute Gasteiger partial charge is 0.490 e. The number of halogens is 3. The molecule has 0 aromatic heterocycles. The number of carboxylic acid groups (broad SMARTS) is 1. The third-order valence-corrected chi connectivity index (χ3v) is 7.60. The summed E-state index contributed by atoms with van der Waals surface area (Å²) in [6.45, 7) is 4.19. The Morgan fingerprint density at radius 1 is 1.22 bits per heavy atom. The molecule has 1 spiro atoms. The highest BCUT2D eigenvalue weighted by Crippen LogP contribution is 2.40. The number of ether oxygens (including phenoxy) is 1. The van der Waals surface area contributed by atoms with Crippen molar-refractivity contribution in [3.05, 3.63) is 29.8 Å². The van der Waals surface area contributed by atoms with E-state index < -0.39 is 22.4 Å². The van der Waals surface area contributed by atoms with Gasteiger partial charge in [0.2, 0.25) is 0 Å². The third kappa shape index (κ3) is 6.80.